The van der Waals surface area contributed by atoms with E-state index >= 15 is 0 Å². The Hall–Kier alpha value is -3.49. The predicted octanol–water partition coefficient (Wildman–Crippen LogP) is 1.87. The molecule has 0 radical (unpaired) electrons. The third-order valence-corrected chi connectivity index (χ3v) is 4.36. The minimum absolute atomic E-state index is 0.136. The van der Waals surface area contributed by atoms with Crippen molar-refractivity contribution in [3.8, 4) is 0 Å². The lowest BCUT2D eigenvalue weighted by atomic mass is 10.2. The van der Waals surface area contributed by atoms with Gasteiger partial charge in [-0.15, -0.1) is 0 Å². The fourth-order valence-corrected chi connectivity index (χ4v) is 2.94. The van der Waals surface area contributed by atoms with Gasteiger partial charge in [0.2, 0.25) is 5.76 Å². The molecule has 27 heavy (non-hydrogen) atoms. The van der Waals surface area contributed by atoms with Gasteiger partial charge in [0.1, 0.15) is 23.8 Å². The van der Waals surface area contributed by atoms with Crippen LogP contribution in [0.2, 0.25) is 0 Å². The molecule has 0 saturated carbocycles. The number of anilines is 3. The summed E-state index contributed by atoms with van der Waals surface area (Å²) in [5.74, 6) is 2.36. The van der Waals surface area contributed by atoms with E-state index in [2.05, 4.69) is 30.3 Å². The molecule has 1 aliphatic heterocycles. The molecule has 0 unspecified atom stereocenters. The number of carbonyl (C=O) groups excluding carboxylic acids is 1. The number of aryl methyl sites for hydroxylation is 1. The van der Waals surface area contributed by atoms with E-state index in [0.29, 0.717) is 32.0 Å². The zero-order valence-corrected chi connectivity index (χ0v) is 14.9. The van der Waals surface area contributed by atoms with Crippen molar-refractivity contribution in [3.05, 3.63) is 54.3 Å². The van der Waals surface area contributed by atoms with E-state index in [1.54, 1.807) is 17.2 Å². The van der Waals surface area contributed by atoms with Crippen LogP contribution in [0.15, 0.2) is 47.5 Å². The summed E-state index contributed by atoms with van der Waals surface area (Å²) in [4.78, 5) is 29.1. The highest BCUT2D eigenvalue weighted by Crippen LogP contribution is 2.19. The van der Waals surface area contributed by atoms with Crippen molar-refractivity contribution in [2.75, 3.05) is 36.4 Å². The van der Waals surface area contributed by atoms with Crippen LogP contribution in [-0.4, -0.2) is 57.1 Å². The maximum Gasteiger partial charge on any atom is 0.292 e. The van der Waals surface area contributed by atoms with Gasteiger partial charge in [-0.3, -0.25) is 4.79 Å². The van der Waals surface area contributed by atoms with Gasteiger partial charge in [-0.1, -0.05) is 5.16 Å². The van der Waals surface area contributed by atoms with Crippen LogP contribution in [0.25, 0.3) is 0 Å². The molecule has 0 aromatic carbocycles. The third kappa shape index (κ3) is 3.86. The highest BCUT2D eigenvalue weighted by atomic mass is 16.5. The molecule has 138 valence electrons. The second-order valence-corrected chi connectivity index (χ2v) is 6.26. The number of hydrogen-bond donors (Lipinski definition) is 1. The Morgan fingerprint density at radius 2 is 1.85 bits per heavy atom. The first-order valence-corrected chi connectivity index (χ1v) is 8.66. The number of hydrogen-bond acceptors (Lipinski definition) is 8. The van der Waals surface area contributed by atoms with Crippen LogP contribution in [0.3, 0.4) is 0 Å². The minimum Gasteiger partial charge on any atom is -0.353 e. The van der Waals surface area contributed by atoms with Crippen molar-refractivity contribution in [2.45, 2.75) is 6.92 Å². The molecule has 1 aliphatic rings. The van der Waals surface area contributed by atoms with Crippen LogP contribution in [0, 0.1) is 6.92 Å². The Morgan fingerprint density at radius 3 is 2.59 bits per heavy atom. The number of rotatable bonds is 4. The van der Waals surface area contributed by atoms with Crippen LogP contribution >= 0.6 is 0 Å². The zero-order chi connectivity index (χ0) is 18.6. The fraction of sp³-hybridized carbons (Fsp3) is 0.278. The lowest BCUT2D eigenvalue weighted by Crippen LogP contribution is -2.49. The van der Waals surface area contributed by atoms with Crippen LogP contribution in [-0.2, 0) is 0 Å². The number of amides is 1. The summed E-state index contributed by atoms with van der Waals surface area (Å²) in [7, 11) is 0. The quantitative estimate of drug-likeness (QED) is 0.748. The van der Waals surface area contributed by atoms with Crippen LogP contribution in [0.1, 0.15) is 16.1 Å². The molecule has 4 rings (SSSR count). The Balaban J connectivity index is 1.40. The molecule has 1 N–H and O–H groups in total. The first kappa shape index (κ1) is 17.0. The van der Waals surface area contributed by atoms with Crippen LogP contribution in [0.4, 0.5) is 17.5 Å². The van der Waals surface area contributed by atoms with E-state index in [4.69, 9.17) is 4.52 Å². The molecule has 0 bridgehead atoms. The van der Waals surface area contributed by atoms with Crippen molar-refractivity contribution in [1.29, 1.82) is 0 Å². The standard InChI is InChI=1S/C18H19N7O2/c1-13-2-4-19-15(10-13)23-16-11-17(21-12-20-16)24-6-8-25(9-7-24)18(26)14-3-5-22-27-14/h2-5,10-12H,6-9H2,1H3,(H,19,20,21,23). The van der Waals surface area contributed by atoms with Crippen molar-refractivity contribution >= 4 is 23.4 Å². The van der Waals surface area contributed by atoms with Gasteiger partial charge in [0.05, 0.1) is 6.20 Å². The second-order valence-electron chi connectivity index (χ2n) is 6.26. The predicted molar refractivity (Wildman–Crippen MR) is 98.9 cm³/mol. The highest BCUT2D eigenvalue weighted by Gasteiger charge is 2.25. The Kier molecular flexibility index (Phi) is 4.65. The maximum atomic E-state index is 12.3. The number of piperazine rings is 1. The molecule has 0 aliphatic carbocycles. The van der Waals surface area contributed by atoms with E-state index in [-0.39, 0.29) is 11.7 Å². The molecule has 3 aromatic rings. The maximum absolute atomic E-state index is 12.3. The SMILES string of the molecule is Cc1ccnc(Nc2cc(N3CCN(C(=O)c4ccno4)CC3)ncn2)c1. The smallest absolute Gasteiger partial charge is 0.292 e. The molecule has 1 saturated heterocycles. The molecule has 9 nitrogen and oxygen atoms in total. The molecule has 1 fully saturated rings. The Labute approximate surface area is 156 Å². The summed E-state index contributed by atoms with van der Waals surface area (Å²) in [6, 6.07) is 7.36. The lowest BCUT2D eigenvalue weighted by molar-refractivity contribution is 0.0704. The van der Waals surface area contributed by atoms with Gasteiger partial charge in [0.25, 0.3) is 5.91 Å². The monoisotopic (exact) mass is 365 g/mol. The third-order valence-electron chi connectivity index (χ3n) is 4.36. The Bertz CT molecular complexity index is 921. The van der Waals surface area contributed by atoms with E-state index < -0.39 is 0 Å². The average molecular weight is 365 g/mol. The van der Waals surface area contributed by atoms with Gasteiger partial charge >= 0.3 is 0 Å². The summed E-state index contributed by atoms with van der Waals surface area (Å²) in [5.41, 5.74) is 1.12. The highest BCUT2D eigenvalue weighted by molar-refractivity contribution is 5.91. The van der Waals surface area contributed by atoms with Crippen LogP contribution < -0.4 is 10.2 Å². The van der Waals surface area contributed by atoms with Gasteiger partial charge < -0.3 is 19.6 Å². The molecular weight excluding hydrogens is 346 g/mol. The van der Waals surface area contributed by atoms with Gasteiger partial charge in [-0.2, -0.15) is 0 Å². The van der Waals surface area contributed by atoms with Crippen molar-refractivity contribution in [1.82, 2.24) is 25.0 Å². The molecule has 1 amide bonds. The first-order chi connectivity index (χ1) is 13.2. The minimum atomic E-state index is -0.136. The topological polar surface area (TPSA) is 100 Å². The zero-order valence-electron chi connectivity index (χ0n) is 14.9. The molecule has 4 heterocycles. The molecule has 3 aromatic heterocycles. The molecule has 0 atom stereocenters. The number of nitrogens with zero attached hydrogens (tertiary/aromatic N) is 6. The Morgan fingerprint density at radius 1 is 1.04 bits per heavy atom. The summed E-state index contributed by atoms with van der Waals surface area (Å²) in [5, 5.41) is 6.79. The number of carbonyl (C=O) groups is 1. The van der Waals surface area contributed by atoms with E-state index in [9.17, 15) is 4.79 Å². The summed E-state index contributed by atoms with van der Waals surface area (Å²) < 4.78 is 4.95. The second kappa shape index (κ2) is 7.40. The average Bonchev–Trinajstić information content (AvgIpc) is 3.23. The number of aromatic nitrogens is 4. The van der Waals surface area contributed by atoms with E-state index in [1.165, 1.54) is 12.5 Å². The van der Waals surface area contributed by atoms with Gasteiger partial charge in [0.15, 0.2) is 0 Å². The molecule has 0 spiro atoms. The van der Waals surface area contributed by atoms with Crippen molar-refractivity contribution in [2.24, 2.45) is 0 Å². The summed E-state index contributed by atoms with van der Waals surface area (Å²) in [6.45, 7) is 4.55. The van der Waals surface area contributed by atoms with Crippen LogP contribution in [0.5, 0.6) is 0 Å². The van der Waals surface area contributed by atoms with Gasteiger partial charge in [0, 0.05) is 44.5 Å². The first-order valence-electron chi connectivity index (χ1n) is 8.66. The number of nitrogens with one attached hydrogen (secondary N) is 1. The van der Waals surface area contributed by atoms with Crippen molar-refractivity contribution in [3.63, 3.8) is 0 Å². The largest absolute Gasteiger partial charge is 0.353 e. The molecular formula is C18H19N7O2. The summed E-state index contributed by atoms with van der Waals surface area (Å²) >= 11 is 0. The lowest BCUT2D eigenvalue weighted by Gasteiger charge is -2.34. The normalized spacial score (nSPS) is 14.3. The van der Waals surface area contributed by atoms with E-state index in [0.717, 1.165) is 17.2 Å². The summed E-state index contributed by atoms with van der Waals surface area (Å²) in [6.07, 6.45) is 4.76. The molecule has 9 heteroatoms. The van der Waals surface area contributed by atoms with Gasteiger partial charge in [-0.05, 0) is 24.6 Å². The van der Waals surface area contributed by atoms with Gasteiger partial charge in [-0.25, -0.2) is 15.0 Å². The fourth-order valence-electron chi connectivity index (χ4n) is 2.94. The number of pyridine rings is 1. The van der Waals surface area contributed by atoms with Crippen molar-refractivity contribution < 1.29 is 9.32 Å². The van der Waals surface area contributed by atoms with E-state index in [1.807, 2.05) is 25.1 Å².